The van der Waals surface area contributed by atoms with Crippen molar-refractivity contribution in [1.29, 1.82) is 0 Å². The minimum absolute atomic E-state index is 0.0193. The normalized spacial score (nSPS) is 24.4. The number of morpholine rings is 1. The van der Waals surface area contributed by atoms with Crippen molar-refractivity contribution < 1.29 is 20.1 Å². The van der Waals surface area contributed by atoms with Crippen LogP contribution in [0.2, 0.25) is 0 Å². The highest BCUT2D eigenvalue weighted by Gasteiger charge is 2.28. The fourth-order valence-corrected chi connectivity index (χ4v) is 1.72. The van der Waals surface area contributed by atoms with Crippen molar-refractivity contribution in [3.8, 4) is 0 Å². The molecule has 5 heteroatoms. The summed E-state index contributed by atoms with van der Waals surface area (Å²) in [7, 11) is 0. The van der Waals surface area contributed by atoms with Crippen LogP contribution >= 0.6 is 0 Å². The van der Waals surface area contributed by atoms with Gasteiger partial charge in [-0.3, -0.25) is 4.90 Å². The monoisotopic (exact) mass is 219 g/mol. The molecule has 1 fully saturated rings. The third kappa shape index (κ3) is 3.70. The third-order valence-corrected chi connectivity index (χ3v) is 2.80. The Morgan fingerprint density at radius 1 is 1.33 bits per heavy atom. The van der Waals surface area contributed by atoms with E-state index in [9.17, 15) is 10.2 Å². The van der Waals surface area contributed by atoms with E-state index in [1.54, 1.807) is 0 Å². The van der Waals surface area contributed by atoms with Crippen LogP contribution in [0.15, 0.2) is 0 Å². The molecule has 1 unspecified atom stereocenters. The van der Waals surface area contributed by atoms with Crippen molar-refractivity contribution >= 4 is 0 Å². The Kier molecular flexibility index (Phi) is 4.95. The maximum Gasteiger partial charge on any atom is 0.0932 e. The Hall–Kier alpha value is -0.200. The molecule has 0 aliphatic carbocycles. The Labute approximate surface area is 90.3 Å². The van der Waals surface area contributed by atoms with Gasteiger partial charge in [0.05, 0.1) is 32.5 Å². The zero-order chi connectivity index (χ0) is 11.3. The van der Waals surface area contributed by atoms with Crippen LogP contribution in [0.3, 0.4) is 0 Å². The number of rotatable bonds is 5. The van der Waals surface area contributed by atoms with E-state index in [4.69, 9.17) is 9.84 Å². The molecule has 15 heavy (non-hydrogen) atoms. The van der Waals surface area contributed by atoms with Crippen LogP contribution in [-0.4, -0.2) is 72.4 Å². The second-order valence-corrected chi connectivity index (χ2v) is 4.54. The summed E-state index contributed by atoms with van der Waals surface area (Å²) in [6.45, 7) is 4.45. The van der Waals surface area contributed by atoms with E-state index < -0.39 is 5.41 Å². The summed E-state index contributed by atoms with van der Waals surface area (Å²) in [6, 6.07) is 0. The summed E-state index contributed by atoms with van der Waals surface area (Å²) >= 11 is 0. The summed E-state index contributed by atoms with van der Waals surface area (Å²) in [6.07, 6.45) is -0.139. The molecule has 0 bridgehead atoms. The molecule has 3 N–H and O–H groups in total. The first-order valence-corrected chi connectivity index (χ1v) is 5.30. The summed E-state index contributed by atoms with van der Waals surface area (Å²) in [5.41, 5.74) is -0.475. The van der Waals surface area contributed by atoms with Crippen LogP contribution in [-0.2, 0) is 4.74 Å². The van der Waals surface area contributed by atoms with E-state index in [2.05, 4.69) is 4.90 Å². The first-order valence-electron chi connectivity index (χ1n) is 5.30. The van der Waals surface area contributed by atoms with Crippen molar-refractivity contribution in [1.82, 2.24) is 4.90 Å². The van der Waals surface area contributed by atoms with Gasteiger partial charge in [0.2, 0.25) is 0 Å². The zero-order valence-electron chi connectivity index (χ0n) is 9.22. The predicted octanol–water partition coefficient (Wildman–Crippen LogP) is -1.33. The Balaban J connectivity index is 2.43. The minimum Gasteiger partial charge on any atom is -0.396 e. The van der Waals surface area contributed by atoms with Gasteiger partial charge in [-0.05, 0) is 0 Å². The SMILES string of the molecule is CC(CO)(CO)CN1CCOC(CO)C1. The molecular weight excluding hydrogens is 198 g/mol. The molecular formula is C10H21NO4. The molecule has 1 aliphatic heterocycles. The number of ether oxygens (including phenoxy) is 1. The highest BCUT2D eigenvalue weighted by atomic mass is 16.5. The lowest BCUT2D eigenvalue weighted by atomic mass is 9.92. The molecule has 0 radical (unpaired) electrons. The number of hydrogen-bond acceptors (Lipinski definition) is 5. The van der Waals surface area contributed by atoms with Crippen molar-refractivity contribution in [2.24, 2.45) is 5.41 Å². The average molecular weight is 219 g/mol. The van der Waals surface area contributed by atoms with Gasteiger partial charge >= 0.3 is 0 Å². The van der Waals surface area contributed by atoms with Crippen LogP contribution in [0, 0.1) is 5.41 Å². The van der Waals surface area contributed by atoms with E-state index in [-0.39, 0.29) is 25.9 Å². The second kappa shape index (κ2) is 5.77. The fourth-order valence-electron chi connectivity index (χ4n) is 1.72. The maximum atomic E-state index is 9.17. The van der Waals surface area contributed by atoms with Gasteiger partial charge in [-0.2, -0.15) is 0 Å². The number of aliphatic hydroxyl groups is 3. The topological polar surface area (TPSA) is 73.2 Å². The molecule has 1 saturated heterocycles. The summed E-state index contributed by atoms with van der Waals surface area (Å²) in [4.78, 5) is 2.11. The lowest BCUT2D eigenvalue weighted by Crippen LogP contribution is -2.49. The number of hydrogen-bond donors (Lipinski definition) is 3. The second-order valence-electron chi connectivity index (χ2n) is 4.54. The molecule has 1 heterocycles. The van der Waals surface area contributed by atoms with E-state index >= 15 is 0 Å². The number of nitrogens with zero attached hydrogens (tertiary/aromatic N) is 1. The largest absolute Gasteiger partial charge is 0.396 e. The van der Waals surface area contributed by atoms with Crippen LogP contribution in [0.1, 0.15) is 6.92 Å². The van der Waals surface area contributed by atoms with Gasteiger partial charge < -0.3 is 20.1 Å². The smallest absolute Gasteiger partial charge is 0.0932 e. The first kappa shape index (κ1) is 12.9. The molecule has 0 saturated carbocycles. The summed E-state index contributed by atoms with van der Waals surface area (Å²) < 4.78 is 5.32. The average Bonchev–Trinajstić information content (AvgIpc) is 2.29. The standard InChI is InChI=1S/C10H21NO4/c1-10(7-13,8-14)6-11-2-3-15-9(4-11)5-12/h9,12-14H,2-8H2,1H3. The lowest BCUT2D eigenvalue weighted by Gasteiger charge is -2.37. The zero-order valence-corrected chi connectivity index (χ0v) is 9.22. The van der Waals surface area contributed by atoms with Gasteiger partial charge in [0.25, 0.3) is 0 Å². The third-order valence-electron chi connectivity index (χ3n) is 2.80. The van der Waals surface area contributed by atoms with Gasteiger partial charge in [0.15, 0.2) is 0 Å². The number of aliphatic hydroxyl groups excluding tert-OH is 3. The van der Waals surface area contributed by atoms with E-state index in [0.717, 1.165) is 6.54 Å². The molecule has 0 spiro atoms. The van der Waals surface area contributed by atoms with Crippen LogP contribution in [0.5, 0.6) is 0 Å². The molecule has 1 rings (SSSR count). The van der Waals surface area contributed by atoms with Crippen molar-refractivity contribution in [2.45, 2.75) is 13.0 Å². The highest BCUT2D eigenvalue weighted by molar-refractivity contribution is 4.80. The summed E-state index contributed by atoms with van der Waals surface area (Å²) in [5.74, 6) is 0. The van der Waals surface area contributed by atoms with Gasteiger partial charge in [-0.1, -0.05) is 6.92 Å². The van der Waals surface area contributed by atoms with E-state index in [1.807, 2.05) is 6.92 Å². The molecule has 0 aromatic rings. The van der Waals surface area contributed by atoms with Crippen LogP contribution in [0.25, 0.3) is 0 Å². The van der Waals surface area contributed by atoms with Crippen molar-refractivity contribution in [3.05, 3.63) is 0 Å². The molecule has 0 amide bonds. The van der Waals surface area contributed by atoms with Crippen LogP contribution < -0.4 is 0 Å². The maximum absolute atomic E-state index is 9.17. The fraction of sp³-hybridized carbons (Fsp3) is 1.00. The van der Waals surface area contributed by atoms with Crippen molar-refractivity contribution in [2.75, 3.05) is 46.1 Å². The molecule has 90 valence electrons. The lowest BCUT2D eigenvalue weighted by molar-refractivity contribution is -0.0704. The Morgan fingerprint density at radius 2 is 2.00 bits per heavy atom. The molecule has 0 aromatic carbocycles. The van der Waals surface area contributed by atoms with E-state index in [1.165, 1.54) is 0 Å². The van der Waals surface area contributed by atoms with E-state index in [0.29, 0.717) is 19.7 Å². The molecule has 5 nitrogen and oxygen atoms in total. The van der Waals surface area contributed by atoms with Gasteiger partial charge in [-0.15, -0.1) is 0 Å². The highest BCUT2D eigenvalue weighted by Crippen LogP contribution is 2.18. The predicted molar refractivity (Wildman–Crippen MR) is 55.5 cm³/mol. The van der Waals surface area contributed by atoms with Gasteiger partial charge in [-0.25, -0.2) is 0 Å². The molecule has 0 aromatic heterocycles. The van der Waals surface area contributed by atoms with Gasteiger partial charge in [0.1, 0.15) is 0 Å². The molecule has 1 aliphatic rings. The quantitative estimate of drug-likeness (QED) is 0.534. The van der Waals surface area contributed by atoms with Gasteiger partial charge in [0, 0.05) is 25.0 Å². The Bertz CT molecular complexity index is 184. The van der Waals surface area contributed by atoms with Crippen LogP contribution in [0.4, 0.5) is 0 Å². The Morgan fingerprint density at radius 3 is 2.53 bits per heavy atom. The first-order chi connectivity index (χ1) is 7.13. The minimum atomic E-state index is -0.475. The summed E-state index contributed by atoms with van der Waals surface area (Å²) in [5, 5.41) is 27.3. The van der Waals surface area contributed by atoms with Crippen molar-refractivity contribution in [3.63, 3.8) is 0 Å². The molecule has 1 atom stereocenters.